The number of ether oxygens (including phenoxy) is 2. The van der Waals surface area contributed by atoms with E-state index in [1.807, 2.05) is 67.6 Å². The van der Waals surface area contributed by atoms with E-state index in [1.54, 1.807) is 6.26 Å². The molecular weight excluding hydrogens is 212 g/mol. The number of hydrogen-bond acceptors (Lipinski definition) is 2. The standard InChI is InChI=1S/C15H14O2/c1-2-11-16-14-9-6-10-15(12-14)17-13-7-4-3-5-8-13/h2-12H,1H3/b11-2+. The molecule has 0 N–H and O–H groups in total. The van der Waals surface area contributed by atoms with E-state index in [0.717, 1.165) is 17.2 Å². The van der Waals surface area contributed by atoms with Gasteiger partial charge < -0.3 is 9.47 Å². The van der Waals surface area contributed by atoms with Crippen molar-refractivity contribution in [2.75, 3.05) is 0 Å². The molecular formula is C15H14O2. The van der Waals surface area contributed by atoms with Crippen molar-refractivity contribution in [3.05, 3.63) is 66.9 Å². The molecule has 0 saturated carbocycles. The lowest BCUT2D eigenvalue weighted by Crippen LogP contribution is -1.85. The molecule has 0 unspecified atom stereocenters. The highest BCUT2D eigenvalue weighted by atomic mass is 16.5. The summed E-state index contributed by atoms with van der Waals surface area (Å²) in [7, 11) is 0. The van der Waals surface area contributed by atoms with Gasteiger partial charge in [0, 0.05) is 6.07 Å². The summed E-state index contributed by atoms with van der Waals surface area (Å²) in [5.41, 5.74) is 0. The molecule has 2 aromatic rings. The van der Waals surface area contributed by atoms with Crippen LogP contribution in [-0.4, -0.2) is 0 Å². The second-order valence-electron chi connectivity index (χ2n) is 3.48. The van der Waals surface area contributed by atoms with E-state index < -0.39 is 0 Å². The second-order valence-corrected chi connectivity index (χ2v) is 3.48. The van der Waals surface area contributed by atoms with Gasteiger partial charge >= 0.3 is 0 Å². The molecule has 0 aromatic heterocycles. The Kier molecular flexibility index (Phi) is 3.81. The largest absolute Gasteiger partial charge is 0.465 e. The highest BCUT2D eigenvalue weighted by Crippen LogP contribution is 2.24. The Labute approximate surface area is 101 Å². The summed E-state index contributed by atoms with van der Waals surface area (Å²) in [6.45, 7) is 1.91. The van der Waals surface area contributed by atoms with Crippen LogP contribution < -0.4 is 9.47 Å². The predicted molar refractivity (Wildman–Crippen MR) is 68.4 cm³/mol. The van der Waals surface area contributed by atoms with E-state index >= 15 is 0 Å². The first-order chi connectivity index (χ1) is 8.38. The minimum Gasteiger partial charge on any atom is -0.465 e. The van der Waals surface area contributed by atoms with E-state index in [-0.39, 0.29) is 0 Å². The summed E-state index contributed by atoms with van der Waals surface area (Å²) in [4.78, 5) is 0. The van der Waals surface area contributed by atoms with Gasteiger partial charge in [0.2, 0.25) is 0 Å². The first kappa shape index (κ1) is 11.3. The molecule has 0 aliphatic heterocycles. The van der Waals surface area contributed by atoms with Crippen LogP contribution in [0.3, 0.4) is 0 Å². The lowest BCUT2D eigenvalue weighted by atomic mass is 10.3. The number of benzene rings is 2. The first-order valence-corrected chi connectivity index (χ1v) is 5.49. The molecule has 2 rings (SSSR count). The third-order valence-electron chi connectivity index (χ3n) is 2.12. The van der Waals surface area contributed by atoms with E-state index in [2.05, 4.69) is 0 Å². The zero-order valence-electron chi connectivity index (χ0n) is 9.67. The molecule has 0 amide bonds. The van der Waals surface area contributed by atoms with Crippen molar-refractivity contribution >= 4 is 0 Å². The third-order valence-corrected chi connectivity index (χ3v) is 2.12. The quantitative estimate of drug-likeness (QED) is 0.720. The minimum absolute atomic E-state index is 0.761. The van der Waals surface area contributed by atoms with Crippen LogP contribution >= 0.6 is 0 Å². The molecule has 17 heavy (non-hydrogen) atoms. The Hall–Kier alpha value is -2.22. The van der Waals surface area contributed by atoms with Crippen LogP contribution in [0.2, 0.25) is 0 Å². The Bertz CT molecular complexity index is 489. The number of hydrogen-bond donors (Lipinski definition) is 0. The molecule has 0 aliphatic rings. The molecule has 0 fully saturated rings. The highest BCUT2D eigenvalue weighted by Gasteiger charge is 1.98. The molecule has 86 valence electrons. The zero-order chi connectivity index (χ0) is 11.9. The van der Waals surface area contributed by atoms with Gasteiger partial charge in [0.25, 0.3) is 0 Å². The maximum absolute atomic E-state index is 5.69. The van der Waals surface area contributed by atoms with Gasteiger partial charge in [-0.2, -0.15) is 0 Å². The van der Waals surface area contributed by atoms with Crippen molar-refractivity contribution in [2.24, 2.45) is 0 Å². The smallest absolute Gasteiger partial charge is 0.131 e. The van der Waals surface area contributed by atoms with Gasteiger partial charge in [-0.25, -0.2) is 0 Å². The number of rotatable bonds is 4. The maximum atomic E-state index is 5.69. The number of para-hydroxylation sites is 1. The predicted octanol–water partition coefficient (Wildman–Crippen LogP) is 4.39. The summed E-state index contributed by atoms with van der Waals surface area (Å²) in [5, 5.41) is 0. The minimum atomic E-state index is 0.761. The maximum Gasteiger partial charge on any atom is 0.131 e. The van der Waals surface area contributed by atoms with Crippen molar-refractivity contribution in [1.29, 1.82) is 0 Å². The average molecular weight is 226 g/mol. The summed E-state index contributed by atoms with van der Waals surface area (Å²) in [6, 6.07) is 17.2. The summed E-state index contributed by atoms with van der Waals surface area (Å²) in [5.74, 6) is 2.34. The SMILES string of the molecule is C/C=C/Oc1cccc(Oc2ccccc2)c1. The summed E-state index contributed by atoms with van der Waals surface area (Å²) < 4.78 is 11.1. The average Bonchev–Trinajstić information content (AvgIpc) is 2.38. The third kappa shape index (κ3) is 3.38. The molecule has 0 aliphatic carbocycles. The van der Waals surface area contributed by atoms with Crippen LogP contribution in [-0.2, 0) is 0 Å². The van der Waals surface area contributed by atoms with Gasteiger partial charge in [-0.15, -0.1) is 0 Å². The van der Waals surface area contributed by atoms with Gasteiger partial charge in [0.1, 0.15) is 17.2 Å². The lowest BCUT2D eigenvalue weighted by Gasteiger charge is -2.06. The van der Waals surface area contributed by atoms with Gasteiger partial charge in [-0.05, 0) is 31.2 Å². The van der Waals surface area contributed by atoms with Crippen molar-refractivity contribution < 1.29 is 9.47 Å². The Morgan fingerprint density at radius 1 is 0.824 bits per heavy atom. The Morgan fingerprint density at radius 2 is 1.53 bits per heavy atom. The fourth-order valence-corrected chi connectivity index (χ4v) is 1.38. The molecule has 2 aromatic carbocycles. The van der Waals surface area contributed by atoms with Gasteiger partial charge in [-0.3, -0.25) is 0 Å². The van der Waals surface area contributed by atoms with Crippen LogP contribution in [0.15, 0.2) is 66.9 Å². The highest BCUT2D eigenvalue weighted by molar-refractivity contribution is 5.36. The molecule has 0 saturated heterocycles. The Balaban J connectivity index is 2.11. The van der Waals surface area contributed by atoms with Gasteiger partial charge in [-0.1, -0.05) is 30.3 Å². The van der Waals surface area contributed by atoms with Crippen LogP contribution in [0.1, 0.15) is 6.92 Å². The molecule has 0 atom stereocenters. The van der Waals surface area contributed by atoms with Crippen molar-refractivity contribution in [3.63, 3.8) is 0 Å². The topological polar surface area (TPSA) is 18.5 Å². The normalized spacial score (nSPS) is 10.4. The van der Waals surface area contributed by atoms with Gasteiger partial charge in [0.05, 0.1) is 6.26 Å². The molecule has 0 bridgehead atoms. The number of allylic oxidation sites excluding steroid dienone is 1. The van der Waals surface area contributed by atoms with Crippen molar-refractivity contribution in [2.45, 2.75) is 6.92 Å². The van der Waals surface area contributed by atoms with Crippen LogP contribution in [0.5, 0.6) is 17.2 Å². The fourth-order valence-electron chi connectivity index (χ4n) is 1.38. The molecule has 2 heteroatoms. The summed E-state index contributed by atoms with van der Waals surface area (Å²) in [6.07, 6.45) is 3.48. The molecule has 0 spiro atoms. The summed E-state index contributed by atoms with van der Waals surface area (Å²) >= 11 is 0. The van der Waals surface area contributed by atoms with Gasteiger partial charge in [0.15, 0.2) is 0 Å². The monoisotopic (exact) mass is 226 g/mol. The van der Waals surface area contributed by atoms with Crippen molar-refractivity contribution in [1.82, 2.24) is 0 Å². The van der Waals surface area contributed by atoms with Crippen LogP contribution in [0.25, 0.3) is 0 Å². The zero-order valence-corrected chi connectivity index (χ0v) is 9.67. The fraction of sp³-hybridized carbons (Fsp3) is 0.0667. The molecule has 2 nitrogen and oxygen atoms in total. The first-order valence-electron chi connectivity index (χ1n) is 5.49. The van der Waals surface area contributed by atoms with Crippen molar-refractivity contribution in [3.8, 4) is 17.2 Å². The lowest BCUT2D eigenvalue weighted by molar-refractivity contribution is 0.459. The van der Waals surface area contributed by atoms with E-state index in [9.17, 15) is 0 Å². The molecule has 0 radical (unpaired) electrons. The molecule has 0 heterocycles. The van der Waals surface area contributed by atoms with Crippen LogP contribution in [0.4, 0.5) is 0 Å². The van der Waals surface area contributed by atoms with E-state index in [1.165, 1.54) is 0 Å². The van der Waals surface area contributed by atoms with E-state index in [0.29, 0.717) is 0 Å². The van der Waals surface area contributed by atoms with E-state index in [4.69, 9.17) is 9.47 Å². The second kappa shape index (κ2) is 5.75. The van der Waals surface area contributed by atoms with Crippen LogP contribution in [0, 0.1) is 0 Å². The Morgan fingerprint density at radius 3 is 2.29 bits per heavy atom.